The molecule has 1 aliphatic rings. The van der Waals surface area contributed by atoms with Crippen LogP contribution in [0.4, 0.5) is 10.2 Å². The van der Waals surface area contributed by atoms with E-state index in [-0.39, 0.29) is 11.5 Å². The van der Waals surface area contributed by atoms with Gasteiger partial charge in [-0.3, -0.25) is 4.79 Å². The molecule has 1 aliphatic heterocycles. The lowest BCUT2D eigenvalue weighted by Crippen LogP contribution is -2.49. The lowest BCUT2D eigenvalue weighted by atomic mass is 10.0. The summed E-state index contributed by atoms with van der Waals surface area (Å²) in [7, 11) is 0. The summed E-state index contributed by atoms with van der Waals surface area (Å²) in [6.45, 7) is 6.30. The van der Waals surface area contributed by atoms with Crippen LogP contribution < -0.4 is 4.90 Å². The number of rotatable bonds is 5. The molecule has 2 heterocycles. The van der Waals surface area contributed by atoms with Crippen molar-refractivity contribution < 1.29 is 9.18 Å². The normalized spacial score (nSPS) is 14.0. The minimum atomic E-state index is -0.482. The second-order valence-corrected chi connectivity index (χ2v) is 8.37. The van der Waals surface area contributed by atoms with Crippen molar-refractivity contribution in [1.29, 1.82) is 0 Å². The number of aromatic nitrogens is 2. The van der Waals surface area contributed by atoms with Gasteiger partial charge in [0.2, 0.25) is 0 Å². The van der Waals surface area contributed by atoms with E-state index in [0.717, 1.165) is 34.9 Å². The highest BCUT2D eigenvalue weighted by Crippen LogP contribution is 2.27. The van der Waals surface area contributed by atoms with Crippen LogP contribution in [0, 0.1) is 12.7 Å². The molecule has 0 unspecified atom stereocenters. The molecular formula is C25H26ClFN4O. The van der Waals surface area contributed by atoms with Crippen LogP contribution in [0.15, 0.2) is 48.5 Å². The molecule has 1 aromatic heterocycles. The number of hydrogen-bond acceptors (Lipinski definition) is 4. The highest BCUT2D eigenvalue weighted by atomic mass is 35.5. The Bertz CT molecular complexity index is 1110. The molecule has 3 aromatic rings. The van der Waals surface area contributed by atoms with E-state index in [9.17, 15) is 9.18 Å². The molecule has 1 fully saturated rings. The van der Waals surface area contributed by atoms with Gasteiger partial charge >= 0.3 is 0 Å². The number of amides is 1. The molecule has 1 saturated heterocycles. The molecule has 5 nitrogen and oxygen atoms in total. The monoisotopic (exact) mass is 452 g/mol. The van der Waals surface area contributed by atoms with Crippen molar-refractivity contribution >= 4 is 23.3 Å². The van der Waals surface area contributed by atoms with Crippen molar-refractivity contribution in [3.63, 3.8) is 0 Å². The summed E-state index contributed by atoms with van der Waals surface area (Å²) in [5.41, 5.74) is 3.41. The van der Waals surface area contributed by atoms with Crippen LogP contribution in [0.1, 0.15) is 39.9 Å². The van der Waals surface area contributed by atoms with E-state index in [1.54, 1.807) is 17.0 Å². The molecule has 0 atom stereocenters. The molecule has 0 radical (unpaired) electrons. The second kappa shape index (κ2) is 9.65. The minimum absolute atomic E-state index is 0.121. The van der Waals surface area contributed by atoms with Gasteiger partial charge in [0.15, 0.2) is 0 Å². The number of anilines is 1. The molecule has 1 amide bonds. The number of nitrogens with zero attached hydrogens (tertiary/aromatic N) is 4. The summed E-state index contributed by atoms with van der Waals surface area (Å²) in [5, 5.41) is 0.709. The Morgan fingerprint density at radius 1 is 1.03 bits per heavy atom. The van der Waals surface area contributed by atoms with Crippen LogP contribution in [0.25, 0.3) is 0 Å². The van der Waals surface area contributed by atoms with Gasteiger partial charge in [0.05, 0.1) is 5.56 Å². The quantitative estimate of drug-likeness (QED) is 0.563. The molecule has 0 spiro atoms. The molecule has 166 valence electrons. The van der Waals surface area contributed by atoms with Crippen LogP contribution in [0.3, 0.4) is 0 Å². The predicted octanol–water partition coefficient (Wildman–Crippen LogP) is 4.69. The van der Waals surface area contributed by atoms with Crippen LogP contribution in [-0.2, 0) is 12.8 Å². The largest absolute Gasteiger partial charge is 0.353 e. The van der Waals surface area contributed by atoms with E-state index in [4.69, 9.17) is 16.6 Å². The zero-order chi connectivity index (χ0) is 22.7. The van der Waals surface area contributed by atoms with Gasteiger partial charge in [0.1, 0.15) is 17.5 Å². The Kier molecular flexibility index (Phi) is 6.70. The fourth-order valence-corrected chi connectivity index (χ4v) is 4.23. The smallest absolute Gasteiger partial charge is 0.256 e. The van der Waals surface area contributed by atoms with Crippen LogP contribution in [0.5, 0.6) is 0 Å². The van der Waals surface area contributed by atoms with E-state index < -0.39 is 5.82 Å². The molecule has 0 aliphatic carbocycles. The van der Waals surface area contributed by atoms with Gasteiger partial charge in [-0.25, -0.2) is 14.4 Å². The van der Waals surface area contributed by atoms with Gasteiger partial charge in [0.25, 0.3) is 5.91 Å². The number of halogens is 2. The third-order valence-corrected chi connectivity index (χ3v) is 6.03. The first-order valence-electron chi connectivity index (χ1n) is 10.9. The molecule has 32 heavy (non-hydrogen) atoms. The summed E-state index contributed by atoms with van der Waals surface area (Å²) in [4.78, 5) is 26.2. The van der Waals surface area contributed by atoms with Crippen LogP contribution in [-0.4, -0.2) is 47.0 Å². The van der Waals surface area contributed by atoms with E-state index >= 15 is 0 Å². The Labute approximate surface area is 192 Å². The van der Waals surface area contributed by atoms with Crippen molar-refractivity contribution in [2.45, 2.75) is 26.7 Å². The molecule has 0 saturated carbocycles. The zero-order valence-electron chi connectivity index (χ0n) is 18.3. The SMILES string of the molecule is CCc1nc(C)nc(N2CCN(C(=O)c3ccccc3F)CC2)c1Cc1ccc(Cl)cc1. The average Bonchev–Trinajstić information content (AvgIpc) is 2.81. The number of carbonyl (C=O) groups excluding carboxylic acids is 1. The summed E-state index contributed by atoms with van der Waals surface area (Å²) < 4.78 is 14.1. The van der Waals surface area contributed by atoms with Gasteiger partial charge < -0.3 is 9.80 Å². The fourth-order valence-electron chi connectivity index (χ4n) is 4.11. The van der Waals surface area contributed by atoms with Crippen LogP contribution in [0.2, 0.25) is 5.02 Å². The van der Waals surface area contributed by atoms with Crippen molar-refractivity contribution in [1.82, 2.24) is 14.9 Å². The van der Waals surface area contributed by atoms with Gasteiger partial charge in [-0.15, -0.1) is 0 Å². The maximum Gasteiger partial charge on any atom is 0.256 e. The summed E-state index contributed by atoms with van der Waals surface area (Å²) in [6.07, 6.45) is 1.52. The van der Waals surface area contributed by atoms with E-state index in [1.807, 2.05) is 31.2 Å². The lowest BCUT2D eigenvalue weighted by Gasteiger charge is -2.36. The minimum Gasteiger partial charge on any atom is -0.353 e. The first-order chi connectivity index (χ1) is 15.5. The molecular weight excluding hydrogens is 427 g/mol. The predicted molar refractivity (Wildman–Crippen MR) is 125 cm³/mol. The fraction of sp³-hybridized carbons (Fsp3) is 0.320. The molecule has 0 N–H and O–H groups in total. The molecule has 7 heteroatoms. The van der Waals surface area contributed by atoms with Crippen LogP contribution >= 0.6 is 11.6 Å². The van der Waals surface area contributed by atoms with Crippen molar-refractivity contribution in [3.8, 4) is 0 Å². The van der Waals surface area contributed by atoms with Gasteiger partial charge in [-0.2, -0.15) is 0 Å². The van der Waals surface area contributed by atoms with E-state index in [2.05, 4.69) is 16.8 Å². The number of carbonyl (C=O) groups is 1. The number of hydrogen-bond donors (Lipinski definition) is 0. The topological polar surface area (TPSA) is 49.3 Å². The Morgan fingerprint density at radius 3 is 2.38 bits per heavy atom. The maximum atomic E-state index is 14.1. The summed E-state index contributed by atoms with van der Waals surface area (Å²) in [6, 6.07) is 14.0. The highest BCUT2D eigenvalue weighted by molar-refractivity contribution is 6.30. The average molecular weight is 453 g/mol. The third kappa shape index (κ3) is 4.75. The Hall–Kier alpha value is -2.99. The van der Waals surface area contributed by atoms with Gasteiger partial charge in [-0.05, 0) is 43.2 Å². The lowest BCUT2D eigenvalue weighted by molar-refractivity contribution is 0.0741. The maximum absolute atomic E-state index is 14.1. The molecule has 2 aromatic carbocycles. The summed E-state index contributed by atoms with van der Waals surface area (Å²) in [5.74, 6) is 0.908. The van der Waals surface area contributed by atoms with Crippen molar-refractivity contribution in [3.05, 3.63) is 87.6 Å². The Balaban J connectivity index is 1.56. The van der Waals surface area contributed by atoms with Gasteiger partial charge in [0, 0.05) is 48.9 Å². The Morgan fingerprint density at radius 2 is 1.72 bits per heavy atom. The van der Waals surface area contributed by atoms with Gasteiger partial charge in [-0.1, -0.05) is 42.8 Å². The van der Waals surface area contributed by atoms with E-state index in [1.165, 1.54) is 12.1 Å². The first-order valence-corrected chi connectivity index (χ1v) is 11.2. The first kappa shape index (κ1) is 22.2. The van der Waals surface area contributed by atoms with Crippen molar-refractivity contribution in [2.75, 3.05) is 31.1 Å². The summed E-state index contributed by atoms with van der Waals surface area (Å²) >= 11 is 6.05. The molecule has 4 rings (SSSR count). The number of piperazine rings is 1. The second-order valence-electron chi connectivity index (χ2n) is 7.94. The van der Waals surface area contributed by atoms with Crippen molar-refractivity contribution in [2.24, 2.45) is 0 Å². The van der Waals surface area contributed by atoms with E-state index in [0.29, 0.717) is 37.6 Å². The molecule has 0 bridgehead atoms. The zero-order valence-corrected chi connectivity index (χ0v) is 19.1. The number of aryl methyl sites for hydroxylation is 2. The standard InChI is InChI=1S/C25H26ClFN4O/c1-3-23-21(16-18-8-10-19(26)11-9-18)24(29-17(2)28-23)30-12-14-31(15-13-30)25(32)20-6-4-5-7-22(20)27/h4-11H,3,12-16H2,1-2H3. The third-order valence-electron chi connectivity index (χ3n) is 5.78. The number of benzene rings is 2. The highest BCUT2D eigenvalue weighted by Gasteiger charge is 2.26.